The monoisotopic (exact) mass is 821 g/mol. The van der Waals surface area contributed by atoms with E-state index in [4.69, 9.17) is 24.8 Å². The minimum Gasteiger partial charge on any atom is -0.480 e. The number of aliphatic carboxylic acids is 1. The number of hydrogen-bond donors (Lipinski definition) is 4. The summed E-state index contributed by atoms with van der Waals surface area (Å²) in [7, 11) is -4.76. The van der Waals surface area contributed by atoms with Gasteiger partial charge in [-0.1, -0.05) is 125 Å². The van der Waals surface area contributed by atoms with Crippen LogP contribution in [-0.2, 0) is 37.5 Å². The molecule has 0 aromatic rings. The van der Waals surface area contributed by atoms with E-state index in [1.165, 1.54) is 38.5 Å². The summed E-state index contributed by atoms with van der Waals surface area (Å²) in [5.74, 6) is -2.59. The van der Waals surface area contributed by atoms with Gasteiger partial charge in [0.25, 0.3) is 0 Å². The van der Waals surface area contributed by atoms with Crippen LogP contribution in [0.5, 0.6) is 0 Å². The van der Waals surface area contributed by atoms with Crippen molar-refractivity contribution in [1.82, 2.24) is 0 Å². The Morgan fingerprint density at radius 1 is 0.632 bits per heavy atom. The van der Waals surface area contributed by atoms with Gasteiger partial charge in [-0.15, -0.1) is 0 Å². The van der Waals surface area contributed by atoms with Gasteiger partial charge >= 0.3 is 25.7 Å². The fourth-order valence-electron chi connectivity index (χ4n) is 4.85. The topological polar surface area (TPSA) is 192 Å². The van der Waals surface area contributed by atoms with Gasteiger partial charge in [0.1, 0.15) is 12.6 Å². The molecule has 12 nitrogen and oxygen atoms in total. The zero-order chi connectivity index (χ0) is 42.2. The highest BCUT2D eigenvalue weighted by Gasteiger charge is 2.28. The molecular weight excluding hydrogens is 749 g/mol. The fourth-order valence-corrected chi connectivity index (χ4v) is 5.63. The first-order valence-corrected chi connectivity index (χ1v) is 22.2. The van der Waals surface area contributed by atoms with Crippen LogP contribution in [0, 0.1) is 0 Å². The molecular formula is C44H72NO11P. The standard InChI is InChI=1S/C44H72NO11P/c1-3-5-7-9-11-13-14-15-16-17-18-20-22-26-31-35-43(48)56-40(37-54-57(51,52)55-38-41(45)44(49)50)36-53-42(47)34-30-27-23-25-29-33-39(46)32-28-24-21-19-12-10-8-6-4-2/h11-13,15-16,18-20,23-25,28-29,33,39-41,46H,3-10,14,17,21-22,26-27,30-32,34-38,45H2,1-2H3,(H,49,50)(H,51,52)/b13-11-,16-15-,19-12-,20-18-,25-23+,28-24-,33-29-/t39?,40-,41+/m1/s1. The number of ether oxygens (including phenoxy) is 2. The minimum absolute atomic E-state index is 0.0736. The van der Waals surface area contributed by atoms with Crippen LogP contribution in [-0.4, -0.2) is 71.1 Å². The van der Waals surface area contributed by atoms with E-state index in [0.717, 1.165) is 44.9 Å². The van der Waals surface area contributed by atoms with Crippen molar-refractivity contribution in [1.29, 1.82) is 0 Å². The summed E-state index contributed by atoms with van der Waals surface area (Å²) in [4.78, 5) is 45.8. The summed E-state index contributed by atoms with van der Waals surface area (Å²) in [6.07, 6.45) is 42.6. The molecule has 0 radical (unpaired) electrons. The van der Waals surface area contributed by atoms with Gasteiger partial charge in [-0.3, -0.25) is 23.4 Å². The molecule has 0 saturated carbocycles. The van der Waals surface area contributed by atoms with E-state index in [0.29, 0.717) is 25.7 Å². The molecule has 13 heteroatoms. The number of carboxylic acid groups (broad SMARTS) is 1. The van der Waals surface area contributed by atoms with Gasteiger partial charge in [-0.2, -0.15) is 0 Å². The predicted molar refractivity (Wildman–Crippen MR) is 227 cm³/mol. The van der Waals surface area contributed by atoms with Crippen molar-refractivity contribution in [3.8, 4) is 0 Å². The lowest BCUT2D eigenvalue weighted by molar-refractivity contribution is -0.161. The van der Waals surface area contributed by atoms with E-state index in [1.807, 2.05) is 18.2 Å². The Balaban J connectivity index is 4.66. The lowest BCUT2D eigenvalue weighted by Gasteiger charge is -2.20. The Morgan fingerprint density at radius 3 is 1.72 bits per heavy atom. The first-order valence-electron chi connectivity index (χ1n) is 20.7. The quantitative estimate of drug-likeness (QED) is 0.0153. The third kappa shape index (κ3) is 37.9. The molecule has 0 bridgehead atoms. The van der Waals surface area contributed by atoms with E-state index in [1.54, 1.807) is 18.2 Å². The average molecular weight is 822 g/mol. The highest BCUT2D eigenvalue weighted by Crippen LogP contribution is 2.43. The third-order valence-corrected chi connectivity index (χ3v) is 9.15. The van der Waals surface area contributed by atoms with Gasteiger partial charge in [0.05, 0.1) is 19.3 Å². The van der Waals surface area contributed by atoms with Crippen molar-refractivity contribution < 1.29 is 52.6 Å². The normalized spacial score (nSPS) is 15.2. The van der Waals surface area contributed by atoms with E-state index in [-0.39, 0.29) is 12.8 Å². The number of aliphatic hydroxyl groups excluding tert-OH is 1. The molecule has 0 aliphatic rings. The molecule has 0 fully saturated rings. The molecule has 0 aromatic heterocycles. The van der Waals surface area contributed by atoms with Gasteiger partial charge in [0.15, 0.2) is 6.10 Å². The lowest BCUT2D eigenvalue weighted by Crippen LogP contribution is -2.34. The summed E-state index contributed by atoms with van der Waals surface area (Å²) in [6.45, 7) is 2.53. The number of aliphatic hydroxyl groups is 1. The summed E-state index contributed by atoms with van der Waals surface area (Å²) < 4.78 is 32.5. The number of allylic oxidation sites excluding steroid dienone is 12. The van der Waals surface area contributed by atoms with Crippen LogP contribution in [0.2, 0.25) is 0 Å². The molecule has 5 N–H and O–H groups in total. The molecule has 0 aliphatic carbocycles. The number of rotatable bonds is 37. The Labute approximate surface area is 342 Å². The second kappa shape index (κ2) is 38.2. The Hall–Kier alpha value is -3.38. The van der Waals surface area contributed by atoms with Crippen LogP contribution in [0.15, 0.2) is 85.1 Å². The number of phosphoric acid groups is 1. The van der Waals surface area contributed by atoms with Crippen molar-refractivity contribution in [2.45, 2.75) is 154 Å². The molecule has 4 atom stereocenters. The SMILES string of the molecule is CCCCC/C=C\C/C=C\C/C=C\CCCCC(=O)O[C@H](COC(=O)CCC/C=C/C=C\C(O)C/C=C\C/C=C\CCCCC)COP(=O)(O)OC[C@H](N)C(=O)O. The fraction of sp³-hybridized carbons (Fsp3) is 0.614. The van der Waals surface area contributed by atoms with Crippen LogP contribution in [0.4, 0.5) is 0 Å². The number of phosphoric ester groups is 1. The van der Waals surface area contributed by atoms with Gasteiger partial charge in [0, 0.05) is 12.8 Å². The average Bonchev–Trinajstić information content (AvgIpc) is 3.18. The van der Waals surface area contributed by atoms with Crippen molar-refractivity contribution in [2.24, 2.45) is 5.73 Å². The van der Waals surface area contributed by atoms with Crippen LogP contribution in [0.25, 0.3) is 0 Å². The highest BCUT2D eigenvalue weighted by molar-refractivity contribution is 7.47. The van der Waals surface area contributed by atoms with E-state index in [2.05, 4.69) is 67.0 Å². The minimum atomic E-state index is -4.76. The zero-order valence-corrected chi connectivity index (χ0v) is 35.4. The van der Waals surface area contributed by atoms with Crippen LogP contribution < -0.4 is 5.73 Å². The lowest BCUT2D eigenvalue weighted by atomic mass is 10.1. The Morgan fingerprint density at radius 2 is 1.14 bits per heavy atom. The number of carbonyl (C=O) groups is 3. The van der Waals surface area contributed by atoms with E-state index >= 15 is 0 Å². The predicted octanol–water partition coefficient (Wildman–Crippen LogP) is 9.69. The maximum atomic E-state index is 12.6. The largest absolute Gasteiger partial charge is 0.480 e. The van der Waals surface area contributed by atoms with Gasteiger partial charge in [-0.05, 0) is 83.5 Å². The first kappa shape index (κ1) is 53.6. The molecule has 0 rings (SSSR count). The van der Waals surface area contributed by atoms with Crippen molar-refractivity contribution in [3.63, 3.8) is 0 Å². The van der Waals surface area contributed by atoms with Gasteiger partial charge in [0.2, 0.25) is 0 Å². The molecule has 0 saturated heterocycles. The molecule has 0 heterocycles. The van der Waals surface area contributed by atoms with Crippen molar-refractivity contribution >= 4 is 25.7 Å². The third-order valence-electron chi connectivity index (χ3n) is 8.20. The molecule has 57 heavy (non-hydrogen) atoms. The summed E-state index contributed by atoms with van der Waals surface area (Å²) in [6, 6.07) is -1.55. The maximum Gasteiger partial charge on any atom is 0.472 e. The summed E-state index contributed by atoms with van der Waals surface area (Å²) >= 11 is 0. The van der Waals surface area contributed by atoms with Crippen molar-refractivity contribution in [2.75, 3.05) is 19.8 Å². The van der Waals surface area contributed by atoms with Crippen LogP contribution >= 0.6 is 7.82 Å². The molecule has 0 spiro atoms. The highest BCUT2D eigenvalue weighted by atomic mass is 31.2. The number of hydrogen-bond acceptors (Lipinski definition) is 10. The van der Waals surface area contributed by atoms with Gasteiger partial charge in [-0.25, -0.2) is 4.57 Å². The number of esters is 2. The van der Waals surface area contributed by atoms with Gasteiger partial charge < -0.3 is 30.3 Å². The molecule has 0 amide bonds. The number of carbonyl (C=O) groups excluding carboxylic acids is 2. The Bertz CT molecular complexity index is 1300. The van der Waals surface area contributed by atoms with Crippen LogP contribution in [0.1, 0.15) is 136 Å². The summed E-state index contributed by atoms with van der Waals surface area (Å²) in [5, 5.41) is 19.0. The van der Waals surface area contributed by atoms with Crippen LogP contribution in [0.3, 0.4) is 0 Å². The van der Waals surface area contributed by atoms with E-state index in [9.17, 15) is 28.9 Å². The second-order valence-electron chi connectivity index (χ2n) is 13.6. The Kier molecular flexibility index (Phi) is 35.9. The zero-order valence-electron chi connectivity index (χ0n) is 34.5. The maximum absolute atomic E-state index is 12.6. The smallest absolute Gasteiger partial charge is 0.472 e. The number of nitrogens with two attached hydrogens (primary N) is 1. The van der Waals surface area contributed by atoms with Crippen molar-refractivity contribution in [3.05, 3.63) is 85.1 Å². The molecule has 0 aromatic carbocycles. The molecule has 324 valence electrons. The number of unbranched alkanes of at least 4 members (excludes halogenated alkanes) is 9. The number of carboxylic acids is 1. The molecule has 2 unspecified atom stereocenters. The second-order valence-corrected chi connectivity index (χ2v) is 15.1. The molecule has 0 aliphatic heterocycles. The summed E-state index contributed by atoms with van der Waals surface area (Å²) in [5.41, 5.74) is 5.31. The first-order chi connectivity index (χ1) is 27.5. The van der Waals surface area contributed by atoms with E-state index < -0.39 is 63.8 Å².